The summed E-state index contributed by atoms with van der Waals surface area (Å²) >= 11 is 4.93. The van der Waals surface area contributed by atoms with Crippen molar-refractivity contribution >= 4 is 34.0 Å². The number of rotatable bonds is 0. The van der Waals surface area contributed by atoms with Crippen LogP contribution in [-0.2, 0) is 0 Å². The first-order valence-corrected chi connectivity index (χ1v) is 4.99. The van der Waals surface area contributed by atoms with E-state index in [9.17, 15) is 0 Å². The van der Waals surface area contributed by atoms with E-state index in [-0.39, 0.29) is 0 Å². The van der Waals surface area contributed by atoms with Gasteiger partial charge < -0.3 is 0 Å². The van der Waals surface area contributed by atoms with Crippen molar-refractivity contribution in [2.45, 2.75) is 0 Å². The molecule has 15 heavy (non-hydrogen) atoms. The normalized spacial score (nSPS) is 10.9. The molecule has 0 aliphatic rings. The Morgan fingerprint density at radius 1 is 1.07 bits per heavy atom. The van der Waals surface area contributed by atoms with Crippen LogP contribution in [0.4, 0.5) is 0 Å². The van der Waals surface area contributed by atoms with Crippen LogP contribution in [0.5, 0.6) is 0 Å². The van der Waals surface area contributed by atoms with Crippen molar-refractivity contribution in [2.75, 3.05) is 0 Å². The van der Waals surface area contributed by atoms with Gasteiger partial charge in [-0.1, -0.05) is 30.3 Å². The quantitative estimate of drug-likeness (QED) is 0.461. The van der Waals surface area contributed by atoms with Crippen LogP contribution in [-0.4, -0.2) is 15.2 Å². The number of fused-ring (bicyclic) bond motifs is 3. The molecule has 1 N–H and O–H groups in total. The van der Waals surface area contributed by atoms with Crippen LogP contribution in [0.3, 0.4) is 0 Å². The Kier molecular flexibility index (Phi) is 1.76. The largest absolute Gasteiger partial charge is 0.251 e. The van der Waals surface area contributed by atoms with E-state index in [1.165, 1.54) is 0 Å². The molecule has 0 saturated heterocycles. The molecule has 1 heterocycles. The molecule has 1 aromatic heterocycles. The zero-order valence-corrected chi connectivity index (χ0v) is 8.58. The maximum absolute atomic E-state index is 4.93. The molecule has 2 aromatic carbocycles. The van der Waals surface area contributed by atoms with E-state index >= 15 is 0 Å². The van der Waals surface area contributed by atoms with Gasteiger partial charge in [-0.25, -0.2) is 4.98 Å². The third-order valence-electron chi connectivity index (χ3n) is 2.36. The standard InChI is InChI=1S/C11H7N3S/c15-11-12-9-6-5-7-3-1-2-4-8(7)10(9)13-14-11/h1-6H,(H,12,14,15). The van der Waals surface area contributed by atoms with Gasteiger partial charge in [0.05, 0.1) is 5.52 Å². The second kappa shape index (κ2) is 3.10. The molecule has 0 radical (unpaired) electrons. The lowest BCUT2D eigenvalue weighted by molar-refractivity contribution is 1.00. The molecule has 0 saturated carbocycles. The molecular weight excluding hydrogens is 206 g/mol. The van der Waals surface area contributed by atoms with Crippen molar-refractivity contribution in [1.82, 2.24) is 15.2 Å². The van der Waals surface area contributed by atoms with E-state index in [2.05, 4.69) is 21.2 Å². The Bertz CT molecular complexity index is 703. The van der Waals surface area contributed by atoms with E-state index in [1.54, 1.807) is 0 Å². The number of benzene rings is 2. The summed E-state index contributed by atoms with van der Waals surface area (Å²) < 4.78 is 0.415. The van der Waals surface area contributed by atoms with Crippen molar-refractivity contribution in [3.8, 4) is 0 Å². The van der Waals surface area contributed by atoms with Crippen molar-refractivity contribution < 1.29 is 0 Å². The molecule has 72 valence electrons. The van der Waals surface area contributed by atoms with Crippen LogP contribution in [0.15, 0.2) is 36.4 Å². The molecule has 0 aliphatic heterocycles. The molecule has 0 bridgehead atoms. The highest BCUT2D eigenvalue weighted by Gasteiger charge is 2.01. The van der Waals surface area contributed by atoms with Gasteiger partial charge in [-0.05, 0) is 23.7 Å². The zero-order valence-electron chi connectivity index (χ0n) is 7.77. The van der Waals surface area contributed by atoms with Crippen LogP contribution in [0, 0.1) is 4.77 Å². The minimum atomic E-state index is 0.415. The Morgan fingerprint density at radius 3 is 2.87 bits per heavy atom. The lowest BCUT2D eigenvalue weighted by Crippen LogP contribution is -1.89. The minimum Gasteiger partial charge on any atom is -0.251 e. The highest BCUT2D eigenvalue weighted by Crippen LogP contribution is 2.20. The Morgan fingerprint density at radius 2 is 1.93 bits per heavy atom. The second-order valence-electron chi connectivity index (χ2n) is 3.29. The third kappa shape index (κ3) is 1.30. The van der Waals surface area contributed by atoms with Crippen molar-refractivity contribution in [1.29, 1.82) is 0 Å². The number of hydrogen-bond donors (Lipinski definition) is 1. The number of aromatic amines is 1. The van der Waals surface area contributed by atoms with Gasteiger partial charge in [0.2, 0.25) is 4.77 Å². The van der Waals surface area contributed by atoms with Gasteiger partial charge in [0.15, 0.2) is 0 Å². The third-order valence-corrected chi connectivity index (χ3v) is 2.55. The second-order valence-corrected chi connectivity index (χ2v) is 3.68. The molecule has 0 spiro atoms. The van der Waals surface area contributed by atoms with Gasteiger partial charge in [0, 0.05) is 5.39 Å². The summed E-state index contributed by atoms with van der Waals surface area (Å²) in [6.07, 6.45) is 0. The van der Waals surface area contributed by atoms with Crippen molar-refractivity contribution in [2.24, 2.45) is 0 Å². The summed E-state index contributed by atoms with van der Waals surface area (Å²) in [5, 5.41) is 9.19. The van der Waals surface area contributed by atoms with Crippen LogP contribution >= 0.6 is 12.2 Å². The van der Waals surface area contributed by atoms with Gasteiger partial charge in [-0.15, -0.1) is 0 Å². The van der Waals surface area contributed by atoms with Gasteiger partial charge in [0.1, 0.15) is 5.52 Å². The fourth-order valence-electron chi connectivity index (χ4n) is 1.69. The minimum absolute atomic E-state index is 0.415. The SMILES string of the molecule is S=c1nc2ccc3ccccc3c2n[nH]1. The summed E-state index contributed by atoms with van der Waals surface area (Å²) in [6, 6.07) is 12.1. The van der Waals surface area contributed by atoms with E-state index in [1.807, 2.05) is 30.3 Å². The van der Waals surface area contributed by atoms with Crippen LogP contribution in [0.1, 0.15) is 0 Å². The van der Waals surface area contributed by atoms with Crippen LogP contribution in [0.2, 0.25) is 0 Å². The van der Waals surface area contributed by atoms with Gasteiger partial charge >= 0.3 is 0 Å². The lowest BCUT2D eigenvalue weighted by atomic mass is 10.1. The lowest BCUT2D eigenvalue weighted by Gasteiger charge is -2.00. The first-order chi connectivity index (χ1) is 7.34. The highest BCUT2D eigenvalue weighted by molar-refractivity contribution is 7.71. The molecule has 0 atom stereocenters. The number of aromatic nitrogens is 3. The predicted octanol–water partition coefficient (Wildman–Crippen LogP) is 2.84. The summed E-state index contributed by atoms with van der Waals surface area (Å²) in [7, 11) is 0. The first kappa shape index (κ1) is 8.49. The number of nitrogens with zero attached hydrogens (tertiary/aromatic N) is 2. The monoisotopic (exact) mass is 213 g/mol. The van der Waals surface area contributed by atoms with Crippen molar-refractivity contribution in [3.63, 3.8) is 0 Å². The molecule has 0 amide bonds. The van der Waals surface area contributed by atoms with E-state index < -0.39 is 0 Å². The fraction of sp³-hybridized carbons (Fsp3) is 0. The fourth-order valence-corrected chi connectivity index (χ4v) is 1.83. The van der Waals surface area contributed by atoms with E-state index in [4.69, 9.17) is 12.2 Å². The predicted molar refractivity (Wildman–Crippen MR) is 62.2 cm³/mol. The zero-order chi connectivity index (χ0) is 10.3. The van der Waals surface area contributed by atoms with Crippen LogP contribution < -0.4 is 0 Å². The van der Waals surface area contributed by atoms with Gasteiger partial charge in [-0.3, -0.25) is 5.10 Å². The molecule has 0 aliphatic carbocycles. The number of hydrogen-bond acceptors (Lipinski definition) is 3. The first-order valence-electron chi connectivity index (χ1n) is 4.59. The Hall–Kier alpha value is -1.81. The molecule has 4 heteroatoms. The average Bonchev–Trinajstić information content (AvgIpc) is 2.28. The average molecular weight is 213 g/mol. The van der Waals surface area contributed by atoms with Crippen LogP contribution in [0.25, 0.3) is 21.8 Å². The Balaban J connectivity index is 2.60. The maximum Gasteiger partial charge on any atom is 0.214 e. The smallest absolute Gasteiger partial charge is 0.214 e. The Labute approximate surface area is 90.8 Å². The number of nitrogens with one attached hydrogen (secondary N) is 1. The highest BCUT2D eigenvalue weighted by atomic mass is 32.1. The van der Waals surface area contributed by atoms with Gasteiger partial charge in [-0.2, -0.15) is 5.10 Å². The summed E-state index contributed by atoms with van der Waals surface area (Å²) in [5.41, 5.74) is 1.69. The summed E-state index contributed by atoms with van der Waals surface area (Å²) in [4.78, 5) is 4.22. The molecule has 3 rings (SSSR count). The van der Waals surface area contributed by atoms with Crippen molar-refractivity contribution in [3.05, 3.63) is 41.2 Å². The summed E-state index contributed by atoms with van der Waals surface area (Å²) in [6.45, 7) is 0. The molecule has 0 unspecified atom stereocenters. The van der Waals surface area contributed by atoms with E-state index in [0.29, 0.717) is 4.77 Å². The summed E-state index contributed by atoms with van der Waals surface area (Å²) in [5.74, 6) is 0. The number of H-pyrrole nitrogens is 1. The topological polar surface area (TPSA) is 41.6 Å². The van der Waals surface area contributed by atoms with Gasteiger partial charge in [0.25, 0.3) is 0 Å². The molecule has 0 fully saturated rings. The maximum atomic E-state index is 4.93. The molecule has 3 aromatic rings. The molecule has 3 nitrogen and oxygen atoms in total. The van der Waals surface area contributed by atoms with E-state index in [0.717, 1.165) is 21.8 Å². The molecular formula is C11H7N3S.